The van der Waals surface area contributed by atoms with E-state index in [0.29, 0.717) is 0 Å². The lowest BCUT2D eigenvalue weighted by atomic mass is 9.90. The Hall–Kier alpha value is -1.35. The maximum Gasteiger partial charge on any atom is 0.241 e. The number of amides is 1. The Morgan fingerprint density at radius 3 is 2.84 bits per heavy atom. The van der Waals surface area contributed by atoms with Gasteiger partial charge in [-0.15, -0.1) is 0 Å². The third-order valence-corrected chi connectivity index (χ3v) is 4.08. The highest BCUT2D eigenvalue weighted by atomic mass is 16.2. The number of aryl methyl sites for hydroxylation is 1. The van der Waals surface area contributed by atoms with E-state index < -0.39 is 0 Å². The number of hydrogen-bond acceptors (Lipinski definition) is 2. The van der Waals surface area contributed by atoms with Crippen molar-refractivity contribution in [2.45, 2.75) is 46.1 Å². The van der Waals surface area contributed by atoms with Crippen molar-refractivity contribution in [2.24, 2.45) is 5.41 Å². The molecular weight excluding hydrogens is 236 g/mol. The van der Waals surface area contributed by atoms with Crippen LogP contribution >= 0.6 is 0 Å². The van der Waals surface area contributed by atoms with Gasteiger partial charge in [0, 0.05) is 12.2 Å². The highest BCUT2D eigenvalue weighted by Gasteiger charge is 2.25. The largest absolute Gasteiger partial charge is 0.324 e. The minimum absolute atomic E-state index is 0.0850. The van der Waals surface area contributed by atoms with Crippen molar-refractivity contribution >= 4 is 11.6 Å². The van der Waals surface area contributed by atoms with Crippen LogP contribution in [0.2, 0.25) is 0 Å². The molecule has 0 fully saturated rings. The molecule has 2 N–H and O–H groups in total. The molecule has 0 saturated heterocycles. The molecule has 0 aliphatic carbocycles. The summed E-state index contributed by atoms with van der Waals surface area (Å²) in [6, 6.07) is 7.98. The summed E-state index contributed by atoms with van der Waals surface area (Å²) in [6.07, 6.45) is 2.91. The number of anilines is 1. The summed E-state index contributed by atoms with van der Waals surface area (Å²) < 4.78 is 0. The summed E-state index contributed by atoms with van der Waals surface area (Å²) >= 11 is 0. The predicted molar refractivity (Wildman–Crippen MR) is 79.3 cm³/mol. The molecule has 104 valence electrons. The van der Waals surface area contributed by atoms with Gasteiger partial charge >= 0.3 is 0 Å². The fraction of sp³-hybridized carbons (Fsp3) is 0.562. The van der Waals surface area contributed by atoms with Crippen LogP contribution in [-0.2, 0) is 11.2 Å². The van der Waals surface area contributed by atoms with E-state index in [4.69, 9.17) is 0 Å². The van der Waals surface area contributed by atoms with Gasteiger partial charge in [-0.3, -0.25) is 4.79 Å². The molecule has 1 unspecified atom stereocenters. The molecule has 3 nitrogen and oxygen atoms in total. The van der Waals surface area contributed by atoms with E-state index in [-0.39, 0.29) is 17.4 Å². The third-order valence-electron chi connectivity index (χ3n) is 4.08. The van der Waals surface area contributed by atoms with Gasteiger partial charge in [0.1, 0.15) is 0 Å². The second kappa shape index (κ2) is 5.74. The monoisotopic (exact) mass is 260 g/mol. The van der Waals surface area contributed by atoms with Crippen LogP contribution in [0, 0.1) is 5.41 Å². The fourth-order valence-electron chi connectivity index (χ4n) is 2.23. The number of nitrogens with one attached hydrogen (secondary N) is 2. The first-order valence-electron chi connectivity index (χ1n) is 7.14. The zero-order valence-electron chi connectivity index (χ0n) is 12.1. The Labute approximate surface area is 115 Å². The SMILES string of the molecule is CCC(C)(C)CNC1CCc2ccccc2NC1=O. The van der Waals surface area contributed by atoms with Crippen molar-refractivity contribution in [3.05, 3.63) is 29.8 Å². The second-order valence-corrected chi connectivity index (χ2v) is 6.14. The first-order chi connectivity index (χ1) is 9.02. The lowest BCUT2D eigenvalue weighted by Crippen LogP contribution is -2.43. The molecule has 1 amide bonds. The van der Waals surface area contributed by atoms with E-state index in [0.717, 1.165) is 31.5 Å². The van der Waals surface area contributed by atoms with E-state index in [1.54, 1.807) is 0 Å². The number of para-hydroxylation sites is 1. The summed E-state index contributed by atoms with van der Waals surface area (Å²) in [5, 5.41) is 6.45. The van der Waals surface area contributed by atoms with E-state index in [1.807, 2.05) is 18.2 Å². The van der Waals surface area contributed by atoms with Crippen molar-refractivity contribution in [2.75, 3.05) is 11.9 Å². The standard InChI is InChI=1S/C16H24N2O/c1-4-16(2,3)11-17-14-10-9-12-7-5-6-8-13(12)18-15(14)19/h5-8,14,17H,4,9-11H2,1-3H3,(H,18,19). The summed E-state index contributed by atoms with van der Waals surface area (Å²) in [7, 11) is 0. The van der Waals surface area contributed by atoms with Crippen LogP contribution < -0.4 is 10.6 Å². The number of rotatable bonds is 4. The third kappa shape index (κ3) is 3.57. The molecule has 0 radical (unpaired) electrons. The highest BCUT2D eigenvalue weighted by Crippen LogP contribution is 2.23. The van der Waals surface area contributed by atoms with Crippen LogP contribution in [-0.4, -0.2) is 18.5 Å². The van der Waals surface area contributed by atoms with Crippen LogP contribution in [0.25, 0.3) is 0 Å². The van der Waals surface area contributed by atoms with Gasteiger partial charge in [-0.05, 0) is 36.3 Å². The van der Waals surface area contributed by atoms with Gasteiger partial charge in [0.15, 0.2) is 0 Å². The quantitative estimate of drug-likeness (QED) is 0.874. The van der Waals surface area contributed by atoms with Crippen LogP contribution in [0.5, 0.6) is 0 Å². The molecule has 1 aromatic rings. The van der Waals surface area contributed by atoms with Gasteiger partial charge in [0.25, 0.3) is 0 Å². The van der Waals surface area contributed by atoms with Crippen LogP contribution in [0.4, 0.5) is 5.69 Å². The molecule has 0 saturated carbocycles. The van der Waals surface area contributed by atoms with Gasteiger partial charge < -0.3 is 10.6 Å². The summed E-state index contributed by atoms with van der Waals surface area (Å²) in [6.45, 7) is 7.51. The molecule has 0 aromatic heterocycles. The van der Waals surface area contributed by atoms with Crippen LogP contribution in [0.15, 0.2) is 24.3 Å². The number of benzene rings is 1. The van der Waals surface area contributed by atoms with E-state index in [1.165, 1.54) is 5.56 Å². The topological polar surface area (TPSA) is 41.1 Å². The molecule has 1 aliphatic heterocycles. The van der Waals surface area contributed by atoms with Gasteiger partial charge in [0.2, 0.25) is 5.91 Å². The maximum atomic E-state index is 12.2. The summed E-state index contributed by atoms with van der Waals surface area (Å²) in [5.74, 6) is 0.0943. The maximum absolute atomic E-state index is 12.2. The molecule has 0 bridgehead atoms. The van der Waals surface area contributed by atoms with Crippen molar-refractivity contribution in [3.63, 3.8) is 0 Å². The lowest BCUT2D eigenvalue weighted by Gasteiger charge is -2.26. The first kappa shape index (κ1) is 14.1. The second-order valence-electron chi connectivity index (χ2n) is 6.14. The van der Waals surface area contributed by atoms with E-state index in [9.17, 15) is 4.79 Å². The Bertz CT molecular complexity index is 454. The molecule has 2 rings (SSSR count). The average Bonchev–Trinajstić information content (AvgIpc) is 2.55. The van der Waals surface area contributed by atoms with E-state index >= 15 is 0 Å². The van der Waals surface area contributed by atoms with Gasteiger partial charge in [-0.25, -0.2) is 0 Å². The zero-order valence-corrected chi connectivity index (χ0v) is 12.1. The molecule has 3 heteroatoms. The smallest absolute Gasteiger partial charge is 0.241 e. The minimum atomic E-state index is -0.0850. The minimum Gasteiger partial charge on any atom is -0.324 e. The zero-order chi connectivity index (χ0) is 13.9. The Balaban J connectivity index is 2.01. The molecule has 1 aliphatic rings. The molecule has 1 aromatic carbocycles. The first-order valence-corrected chi connectivity index (χ1v) is 7.14. The predicted octanol–water partition coefficient (Wildman–Crippen LogP) is 2.97. The Morgan fingerprint density at radius 2 is 2.11 bits per heavy atom. The number of fused-ring (bicyclic) bond motifs is 1. The lowest BCUT2D eigenvalue weighted by molar-refractivity contribution is -0.118. The Morgan fingerprint density at radius 1 is 1.37 bits per heavy atom. The van der Waals surface area contributed by atoms with Crippen molar-refractivity contribution in [1.29, 1.82) is 0 Å². The number of carbonyl (C=O) groups is 1. The molecule has 1 atom stereocenters. The van der Waals surface area contributed by atoms with Gasteiger partial charge in [-0.1, -0.05) is 39.0 Å². The molecular formula is C16H24N2O. The Kier molecular flexibility index (Phi) is 4.25. The highest BCUT2D eigenvalue weighted by molar-refractivity contribution is 5.96. The fourth-order valence-corrected chi connectivity index (χ4v) is 2.23. The number of hydrogen-bond donors (Lipinski definition) is 2. The normalized spacial score (nSPS) is 19.5. The van der Waals surface area contributed by atoms with Crippen molar-refractivity contribution in [1.82, 2.24) is 5.32 Å². The summed E-state index contributed by atoms with van der Waals surface area (Å²) in [4.78, 5) is 12.2. The van der Waals surface area contributed by atoms with Crippen LogP contribution in [0.1, 0.15) is 39.2 Å². The number of carbonyl (C=O) groups excluding carboxylic acids is 1. The van der Waals surface area contributed by atoms with Crippen molar-refractivity contribution in [3.8, 4) is 0 Å². The van der Waals surface area contributed by atoms with Crippen molar-refractivity contribution < 1.29 is 4.79 Å². The molecule has 1 heterocycles. The van der Waals surface area contributed by atoms with Crippen LogP contribution in [0.3, 0.4) is 0 Å². The van der Waals surface area contributed by atoms with Gasteiger partial charge in [-0.2, -0.15) is 0 Å². The average molecular weight is 260 g/mol. The molecule has 0 spiro atoms. The van der Waals surface area contributed by atoms with Gasteiger partial charge in [0.05, 0.1) is 6.04 Å². The molecule has 19 heavy (non-hydrogen) atoms. The van der Waals surface area contributed by atoms with E-state index in [2.05, 4.69) is 37.5 Å². The summed E-state index contributed by atoms with van der Waals surface area (Å²) in [5.41, 5.74) is 2.43.